The zero-order chi connectivity index (χ0) is 15.2. The Morgan fingerprint density at radius 1 is 1.38 bits per heavy atom. The third-order valence-corrected chi connectivity index (χ3v) is 4.20. The quantitative estimate of drug-likeness (QED) is 0.821. The van der Waals surface area contributed by atoms with Crippen LogP contribution in [0.25, 0.3) is 10.2 Å². The highest BCUT2D eigenvalue weighted by Crippen LogP contribution is 2.27. The molecular weight excluding hydrogens is 302 g/mol. The van der Waals surface area contributed by atoms with Crippen LogP contribution in [0.15, 0.2) is 18.2 Å². The van der Waals surface area contributed by atoms with E-state index in [9.17, 15) is 4.79 Å². The first kappa shape index (κ1) is 15.9. The van der Waals surface area contributed by atoms with Gasteiger partial charge in [-0.1, -0.05) is 37.7 Å². The normalized spacial score (nSPS) is 10.6. The second kappa shape index (κ2) is 7.47. The number of carbonyl (C=O) groups is 1. The Balaban J connectivity index is 2.08. The predicted octanol–water partition coefficient (Wildman–Crippen LogP) is 3.86. The van der Waals surface area contributed by atoms with Gasteiger partial charge in [0.1, 0.15) is 0 Å². The second-order valence-corrected chi connectivity index (χ2v) is 6.22. The molecule has 6 heteroatoms. The van der Waals surface area contributed by atoms with Gasteiger partial charge in [-0.3, -0.25) is 4.79 Å². The van der Waals surface area contributed by atoms with E-state index in [1.54, 1.807) is 18.3 Å². The highest BCUT2D eigenvalue weighted by Gasteiger charge is 2.07. The van der Waals surface area contributed by atoms with Gasteiger partial charge in [-0.25, -0.2) is 4.98 Å². The molecule has 0 aliphatic heterocycles. The molecule has 0 radical (unpaired) electrons. The minimum atomic E-state index is -0.101. The van der Waals surface area contributed by atoms with Crippen molar-refractivity contribution < 1.29 is 4.79 Å². The van der Waals surface area contributed by atoms with Crippen molar-refractivity contribution in [1.82, 2.24) is 10.3 Å². The Hall–Kier alpha value is -1.53. The zero-order valence-electron chi connectivity index (χ0n) is 12.2. The van der Waals surface area contributed by atoms with E-state index in [4.69, 9.17) is 12.2 Å². The van der Waals surface area contributed by atoms with Crippen LogP contribution >= 0.6 is 23.6 Å². The maximum absolute atomic E-state index is 11.3. The summed E-state index contributed by atoms with van der Waals surface area (Å²) in [6.45, 7) is 3.98. The molecule has 0 bridgehead atoms. The number of aryl methyl sites for hydroxylation is 1. The molecule has 0 saturated carbocycles. The fourth-order valence-corrected chi connectivity index (χ4v) is 3.11. The lowest BCUT2D eigenvalue weighted by molar-refractivity contribution is -0.119. The number of thiazole rings is 1. The van der Waals surface area contributed by atoms with Crippen molar-refractivity contribution in [2.45, 2.75) is 39.5 Å². The predicted molar refractivity (Wildman–Crippen MR) is 92.9 cm³/mol. The van der Waals surface area contributed by atoms with Gasteiger partial charge in [0.05, 0.1) is 10.2 Å². The van der Waals surface area contributed by atoms with Crippen molar-refractivity contribution in [3.63, 3.8) is 0 Å². The molecule has 4 nitrogen and oxygen atoms in total. The highest BCUT2D eigenvalue weighted by molar-refractivity contribution is 7.80. The summed E-state index contributed by atoms with van der Waals surface area (Å²) in [5.41, 5.74) is 2.29. The summed E-state index contributed by atoms with van der Waals surface area (Å²) >= 11 is 6.64. The Bertz CT molecular complexity index is 651. The third kappa shape index (κ3) is 4.47. The molecule has 0 aliphatic rings. The number of aromatic nitrogens is 1. The van der Waals surface area contributed by atoms with Crippen LogP contribution in [-0.4, -0.2) is 16.0 Å². The minimum absolute atomic E-state index is 0.101. The van der Waals surface area contributed by atoms with Crippen LogP contribution in [0.4, 0.5) is 5.13 Å². The molecule has 0 unspecified atom stereocenters. The van der Waals surface area contributed by atoms with E-state index in [0.717, 1.165) is 16.6 Å². The lowest BCUT2D eigenvalue weighted by Crippen LogP contribution is -2.33. The van der Waals surface area contributed by atoms with E-state index in [-0.39, 0.29) is 5.91 Å². The van der Waals surface area contributed by atoms with Crippen LogP contribution in [0, 0.1) is 0 Å². The summed E-state index contributed by atoms with van der Waals surface area (Å²) in [7, 11) is 0. The summed E-state index contributed by atoms with van der Waals surface area (Å²) in [4.78, 5) is 15.7. The van der Waals surface area contributed by atoms with E-state index in [1.165, 1.54) is 18.4 Å². The van der Waals surface area contributed by atoms with Crippen LogP contribution < -0.4 is 10.6 Å². The fourth-order valence-electron chi connectivity index (χ4n) is 1.90. The molecule has 112 valence electrons. The van der Waals surface area contributed by atoms with Gasteiger partial charge in [0.2, 0.25) is 5.91 Å². The molecule has 0 fully saturated rings. The summed E-state index contributed by atoms with van der Waals surface area (Å²) in [5.74, 6) is -0.101. The summed E-state index contributed by atoms with van der Waals surface area (Å²) < 4.78 is 1.13. The lowest BCUT2D eigenvalue weighted by Gasteiger charge is -2.04. The first-order chi connectivity index (χ1) is 10.1. The standard InChI is InChI=1S/C15H19N3OS2/c1-3-5-6-10-7-8-11-12(9-10)21-15(16-11)18-14(20)17-13(19)4-2/h7-9H,3-6H2,1-2H3,(H2,16,17,18,19,20). The van der Waals surface area contributed by atoms with Crippen molar-refractivity contribution in [2.75, 3.05) is 5.32 Å². The molecule has 1 aromatic carbocycles. The smallest absolute Gasteiger partial charge is 0.225 e. The number of fused-ring (bicyclic) bond motifs is 1. The van der Waals surface area contributed by atoms with E-state index in [1.807, 2.05) is 6.07 Å². The average Bonchev–Trinajstić information content (AvgIpc) is 2.85. The monoisotopic (exact) mass is 321 g/mol. The fraction of sp³-hybridized carbons (Fsp3) is 0.400. The van der Waals surface area contributed by atoms with Crippen LogP contribution in [0.5, 0.6) is 0 Å². The van der Waals surface area contributed by atoms with Gasteiger partial charge < -0.3 is 10.6 Å². The molecule has 2 rings (SSSR count). The van der Waals surface area contributed by atoms with Crippen LogP contribution in [0.1, 0.15) is 38.7 Å². The topological polar surface area (TPSA) is 54.0 Å². The van der Waals surface area contributed by atoms with Gasteiger partial charge >= 0.3 is 0 Å². The maximum Gasteiger partial charge on any atom is 0.225 e. The molecule has 21 heavy (non-hydrogen) atoms. The Kier molecular flexibility index (Phi) is 5.64. The number of amides is 1. The Labute approximate surface area is 134 Å². The molecule has 1 amide bonds. The van der Waals surface area contributed by atoms with Crippen LogP contribution in [0.2, 0.25) is 0 Å². The number of nitrogens with one attached hydrogen (secondary N) is 2. The van der Waals surface area contributed by atoms with Gasteiger partial charge in [0.15, 0.2) is 10.2 Å². The average molecular weight is 321 g/mol. The van der Waals surface area contributed by atoms with Gasteiger partial charge in [-0.2, -0.15) is 0 Å². The number of carbonyl (C=O) groups excluding carboxylic acids is 1. The maximum atomic E-state index is 11.3. The number of hydrogen-bond donors (Lipinski definition) is 2. The Morgan fingerprint density at radius 2 is 2.19 bits per heavy atom. The first-order valence-corrected chi connectivity index (χ1v) is 8.35. The van der Waals surface area contributed by atoms with Gasteiger partial charge in [0.25, 0.3) is 0 Å². The number of rotatable bonds is 5. The molecular formula is C15H19N3OS2. The molecule has 1 aromatic heterocycles. The molecule has 0 aliphatic carbocycles. The first-order valence-electron chi connectivity index (χ1n) is 7.12. The van der Waals surface area contributed by atoms with Gasteiger partial charge in [0, 0.05) is 6.42 Å². The van der Waals surface area contributed by atoms with Crippen molar-refractivity contribution >= 4 is 49.9 Å². The van der Waals surface area contributed by atoms with Crippen molar-refractivity contribution in [3.05, 3.63) is 23.8 Å². The van der Waals surface area contributed by atoms with Gasteiger partial charge in [-0.05, 0) is 42.8 Å². The molecule has 0 spiro atoms. The summed E-state index contributed by atoms with van der Waals surface area (Å²) in [5, 5.41) is 6.58. The minimum Gasteiger partial charge on any atom is -0.308 e. The number of hydrogen-bond acceptors (Lipinski definition) is 4. The van der Waals surface area contributed by atoms with Crippen molar-refractivity contribution in [2.24, 2.45) is 0 Å². The number of thiocarbonyl (C=S) groups is 1. The zero-order valence-corrected chi connectivity index (χ0v) is 13.9. The third-order valence-electron chi connectivity index (χ3n) is 3.07. The molecule has 0 saturated heterocycles. The van der Waals surface area contributed by atoms with E-state index in [2.05, 4.69) is 34.7 Å². The van der Waals surface area contributed by atoms with Crippen molar-refractivity contribution in [1.29, 1.82) is 0 Å². The van der Waals surface area contributed by atoms with Gasteiger partial charge in [-0.15, -0.1) is 0 Å². The van der Waals surface area contributed by atoms with E-state index in [0.29, 0.717) is 16.7 Å². The SMILES string of the molecule is CCCCc1ccc2nc(NC(=S)NC(=O)CC)sc2c1. The van der Waals surface area contributed by atoms with E-state index >= 15 is 0 Å². The summed E-state index contributed by atoms with van der Waals surface area (Å²) in [6, 6.07) is 6.34. The van der Waals surface area contributed by atoms with E-state index < -0.39 is 0 Å². The number of unbranched alkanes of at least 4 members (excludes halogenated alkanes) is 1. The number of nitrogens with zero attached hydrogens (tertiary/aromatic N) is 1. The van der Waals surface area contributed by atoms with Crippen LogP contribution in [0.3, 0.4) is 0 Å². The van der Waals surface area contributed by atoms with Crippen LogP contribution in [-0.2, 0) is 11.2 Å². The summed E-state index contributed by atoms with van der Waals surface area (Å²) in [6.07, 6.45) is 3.89. The number of anilines is 1. The highest BCUT2D eigenvalue weighted by atomic mass is 32.1. The second-order valence-electron chi connectivity index (χ2n) is 4.78. The number of benzene rings is 1. The molecule has 2 aromatic rings. The van der Waals surface area contributed by atoms with Crippen molar-refractivity contribution in [3.8, 4) is 0 Å². The molecule has 0 atom stereocenters. The molecule has 2 N–H and O–H groups in total. The molecule has 1 heterocycles. The Morgan fingerprint density at radius 3 is 2.90 bits per heavy atom. The lowest BCUT2D eigenvalue weighted by atomic mass is 10.1. The largest absolute Gasteiger partial charge is 0.308 e.